The van der Waals surface area contributed by atoms with Gasteiger partial charge < -0.3 is 15.4 Å². The van der Waals surface area contributed by atoms with E-state index >= 15 is 0 Å². The van der Waals surface area contributed by atoms with Crippen molar-refractivity contribution in [3.8, 4) is 0 Å². The summed E-state index contributed by atoms with van der Waals surface area (Å²) in [6.45, 7) is 5.05. The molecule has 2 fully saturated rings. The summed E-state index contributed by atoms with van der Waals surface area (Å²) < 4.78 is 5.94. The molecule has 1 atom stereocenters. The van der Waals surface area contributed by atoms with Crippen molar-refractivity contribution >= 4 is 24.0 Å². The SMILES string of the molecule is CC(CC(=O)Nc1ccc(COC2CCCC2)cc1)C1CCNCC1.Cl. The van der Waals surface area contributed by atoms with Crippen LogP contribution in [0.5, 0.6) is 0 Å². The van der Waals surface area contributed by atoms with Crippen molar-refractivity contribution in [1.82, 2.24) is 5.32 Å². The van der Waals surface area contributed by atoms with Crippen LogP contribution in [0.3, 0.4) is 0 Å². The second-order valence-corrected chi connectivity index (χ2v) is 7.73. The normalized spacial score (nSPS) is 19.7. The fourth-order valence-corrected chi connectivity index (χ4v) is 4.04. The van der Waals surface area contributed by atoms with Gasteiger partial charge in [0, 0.05) is 12.1 Å². The molecule has 1 unspecified atom stereocenters. The average molecular weight is 381 g/mol. The molecule has 1 aliphatic carbocycles. The van der Waals surface area contributed by atoms with Gasteiger partial charge in [-0.2, -0.15) is 0 Å². The summed E-state index contributed by atoms with van der Waals surface area (Å²) >= 11 is 0. The number of anilines is 1. The van der Waals surface area contributed by atoms with Gasteiger partial charge in [-0.05, 0) is 68.3 Å². The molecule has 1 saturated heterocycles. The summed E-state index contributed by atoms with van der Waals surface area (Å²) in [6.07, 6.45) is 8.41. The van der Waals surface area contributed by atoms with Gasteiger partial charge in [0.15, 0.2) is 0 Å². The molecule has 2 aliphatic rings. The zero-order valence-electron chi connectivity index (χ0n) is 15.8. The maximum atomic E-state index is 12.3. The molecule has 1 aromatic carbocycles. The minimum Gasteiger partial charge on any atom is -0.374 e. The number of benzene rings is 1. The first-order chi connectivity index (χ1) is 12.2. The van der Waals surface area contributed by atoms with E-state index in [1.165, 1.54) is 44.1 Å². The molecule has 1 saturated carbocycles. The molecule has 3 rings (SSSR count). The van der Waals surface area contributed by atoms with Gasteiger partial charge in [-0.15, -0.1) is 12.4 Å². The molecule has 1 aromatic rings. The number of ether oxygens (including phenoxy) is 1. The molecule has 146 valence electrons. The first-order valence-electron chi connectivity index (χ1n) is 9.92. The Balaban J connectivity index is 0.00000243. The second-order valence-electron chi connectivity index (χ2n) is 7.73. The van der Waals surface area contributed by atoms with Crippen LogP contribution in [0, 0.1) is 11.8 Å². The summed E-state index contributed by atoms with van der Waals surface area (Å²) in [4.78, 5) is 12.3. The Morgan fingerprint density at radius 2 is 1.81 bits per heavy atom. The van der Waals surface area contributed by atoms with E-state index in [1.54, 1.807) is 0 Å². The standard InChI is InChI=1S/C21H32N2O2.ClH/c1-16(18-10-12-22-13-11-18)14-21(24)23-19-8-6-17(7-9-19)15-25-20-4-2-3-5-20;/h6-9,16,18,20,22H,2-5,10-15H2,1H3,(H,23,24);1H. The minimum absolute atomic E-state index is 0. The lowest BCUT2D eigenvalue weighted by Gasteiger charge is -2.27. The van der Waals surface area contributed by atoms with Crippen LogP contribution in [-0.2, 0) is 16.1 Å². The number of nitrogens with one attached hydrogen (secondary N) is 2. The number of amides is 1. The van der Waals surface area contributed by atoms with Crippen LogP contribution in [0.15, 0.2) is 24.3 Å². The predicted octanol–water partition coefficient (Wildman–Crippen LogP) is 4.53. The quantitative estimate of drug-likeness (QED) is 0.730. The van der Waals surface area contributed by atoms with Crippen molar-refractivity contribution in [3.63, 3.8) is 0 Å². The zero-order chi connectivity index (χ0) is 17.5. The van der Waals surface area contributed by atoms with Crippen molar-refractivity contribution in [1.29, 1.82) is 0 Å². The Morgan fingerprint density at radius 1 is 1.15 bits per heavy atom. The third-order valence-corrected chi connectivity index (χ3v) is 5.72. The molecule has 0 aromatic heterocycles. The van der Waals surface area contributed by atoms with E-state index in [1.807, 2.05) is 12.1 Å². The lowest BCUT2D eigenvalue weighted by atomic mass is 9.84. The van der Waals surface area contributed by atoms with Crippen LogP contribution in [-0.4, -0.2) is 25.1 Å². The molecule has 1 amide bonds. The fourth-order valence-electron chi connectivity index (χ4n) is 4.04. The van der Waals surface area contributed by atoms with Crippen LogP contribution >= 0.6 is 12.4 Å². The van der Waals surface area contributed by atoms with E-state index in [4.69, 9.17) is 4.74 Å². The third kappa shape index (κ3) is 6.57. The zero-order valence-corrected chi connectivity index (χ0v) is 16.7. The van der Waals surface area contributed by atoms with Gasteiger partial charge in [0.2, 0.25) is 5.91 Å². The molecular formula is C21H33ClN2O2. The molecule has 0 radical (unpaired) electrons. The predicted molar refractivity (Wildman–Crippen MR) is 109 cm³/mol. The van der Waals surface area contributed by atoms with Gasteiger partial charge in [0.05, 0.1) is 12.7 Å². The summed E-state index contributed by atoms with van der Waals surface area (Å²) in [5, 5.41) is 6.43. The van der Waals surface area contributed by atoms with E-state index in [2.05, 4.69) is 29.7 Å². The maximum Gasteiger partial charge on any atom is 0.224 e. The van der Waals surface area contributed by atoms with E-state index in [-0.39, 0.29) is 18.3 Å². The first-order valence-corrected chi connectivity index (χ1v) is 9.92. The Hall–Kier alpha value is -1.10. The molecular weight excluding hydrogens is 348 g/mol. The number of piperidine rings is 1. The van der Waals surface area contributed by atoms with Gasteiger partial charge in [-0.1, -0.05) is 31.9 Å². The van der Waals surface area contributed by atoms with Gasteiger partial charge >= 0.3 is 0 Å². The highest BCUT2D eigenvalue weighted by Crippen LogP contribution is 2.25. The largest absolute Gasteiger partial charge is 0.374 e. The number of hydrogen-bond donors (Lipinski definition) is 2. The highest BCUT2D eigenvalue weighted by Gasteiger charge is 2.22. The number of halogens is 1. The van der Waals surface area contributed by atoms with E-state index < -0.39 is 0 Å². The van der Waals surface area contributed by atoms with Gasteiger partial charge in [0.25, 0.3) is 0 Å². The Labute approximate surface area is 163 Å². The Kier molecular flexibility index (Phi) is 8.89. The number of rotatable bonds is 7. The Bertz CT molecular complexity index is 537. The van der Waals surface area contributed by atoms with Crippen molar-refractivity contribution < 1.29 is 9.53 Å². The summed E-state index contributed by atoms with van der Waals surface area (Å²) in [7, 11) is 0. The molecule has 0 spiro atoms. The molecule has 2 N–H and O–H groups in total. The van der Waals surface area contributed by atoms with E-state index in [0.717, 1.165) is 18.8 Å². The smallest absolute Gasteiger partial charge is 0.224 e. The Morgan fingerprint density at radius 3 is 2.46 bits per heavy atom. The van der Waals surface area contributed by atoms with E-state index in [0.29, 0.717) is 31.0 Å². The lowest BCUT2D eigenvalue weighted by Crippen LogP contribution is -2.32. The number of carbonyl (C=O) groups excluding carboxylic acids is 1. The summed E-state index contributed by atoms with van der Waals surface area (Å²) in [5.41, 5.74) is 2.06. The topological polar surface area (TPSA) is 50.4 Å². The van der Waals surface area contributed by atoms with Crippen LogP contribution in [0.2, 0.25) is 0 Å². The highest BCUT2D eigenvalue weighted by molar-refractivity contribution is 5.90. The minimum atomic E-state index is 0. The summed E-state index contributed by atoms with van der Waals surface area (Å²) in [5.74, 6) is 1.24. The van der Waals surface area contributed by atoms with E-state index in [9.17, 15) is 4.79 Å². The molecule has 1 aliphatic heterocycles. The fraction of sp³-hybridized carbons (Fsp3) is 0.667. The highest BCUT2D eigenvalue weighted by atomic mass is 35.5. The van der Waals surface area contributed by atoms with Crippen molar-refractivity contribution in [2.24, 2.45) is 11.8 Å². The van der Waals surface area contributed by atoms with Gasteiger partial charge in [-0.25, -0.2) is 0 Å². The lowest BCUT2D eigenvalue weighted by molar-refractivity contribution is -0.117. The molecule has 0 bridgehead atoms. The van der Waals surface area contributed by atoms with Crippen molar-refractivity contribution in [3.05, 3.63) is 29.8 Å². The molecule has 4 nitrogen and oxygen atoms in total. The number of hydrogen-bond acceptors (Lipinski definition) is 3. The number of carbonyl (C=O) groups is 1. The van der Waals surface area contributed by atoms with Crippen molar-refractivity contribution in [2.75, 3.05) is 18.4 Å². The monoisotopic (exact) mass is 380 g/mol. The van der Waals surface area contributed by atoms with Gasteiger partial charge in [-0.3, -0.25) is 4.79 Å². The van der Waals surface area contributed by atoms with Crippen LogP contribution in [0.4, 0.5) is 5.69 Å². The molecule has 26 heavy (non-hydrogen) atoms. The van der Waals surface area contributed by atoms with Crippen LogP contribution in [0.1, 0.15) is 57.4 Å². The second kappa shape index (κ2) is 10.9. The van der Waals surface area contributed by atoms with Crippen LogP contribution < -0.4 is 10.6 Å². The summed E-state index contributed by atoms with van der Waals surface area (Å²) in [6, 6.07) is 8.09. The third-order valence-electron chi connectivity index (χ3n) is 5.72. The van der Waals surface area contributed by atoms with Crippen molar-refractivity contribution in [2.45, 2.75) is 64.6 Å². The maximum absolute atomic E-state index is 12.3. The molecule has 5 heteroatoms. The van der Waals surface area contributed by atoms with Gasteiger partial charge in [0.1, 0.15) is 0 Å². The average Bonchev–Trinajstić information content (AvgIpc) is 3.15. The first kappa shape index (κ1) is 21.2. The molecule has 1 heterocycles. The van der Waals surface area contributed by atoms with Crippen LogP contribution in [0.25, 0.3) is 0 Å².